The quantitative estimate of drug-likeness (QED) is 0.547. The van der Waals surface area contributed by atoms with Crippen LogP contribution in [-0.2, 0) is 0 Å². The maximum absolute atomic E-state index is 11.2. The fourth-order valence-electron chi connectivity index (χ4n) is 2.99. The van der Waals surface area contributed by atoms with Crippen molar-refractivity contribution < 1.29 is 4.79 Å². The largest absolute Gasteiger partial charge is 0.385 e. The first kappa shape index (κ1) is 8.23. The van der Waals surface area contributed by atoms with E-state index >= 15 is 0 Å². The van der Waals surface area contributed by atoms with E-state index in [4.69, 9.17) is 5.73 Å². The van der Waals surface area contributed by atoms with E-state index in [9.17, 15) is 4.79 Å². The van der Waals surface area contributed by atoms with Gasteiger partial charge in [0.2, 0.25) is 0 Å². The van der Waals surface area contributed by atoms with Gasteiger partial charge in [-0.3, -0.25) is 0 Å². The van der Waals surface area contributed by atoms with Gasteiger partial charge in [0.15, 0.2) is 0 Å². The van der Waals surface area contributed by atoms with Gasteiger partial charge in [-0.15, -0.1) is 0 Å². The SMILES string of the molecule is NC1=NC(=O)NC12CN1CCC2CC1. The lowest BCUT2D eigenvalue weighted by molar-refractivity contribution is 0.0521. The predicted octanol–water partition coefficient (Wildman–Crippen LogP) is -0.469. The first-order valence-corrected chi connectivity index (χ1v) is 5.10. The van der Waals surface area contributed by atoms with Crippen LogP contribution in [0.5, 0.6) is 0 Å². The highest BCUT2D eigenvalue weighted by Crippen LogP contribution is 2.37. The molecule has 1 atom stereocenters. The number of carbonyl (C=O) groups is 1. The van der Waals surface area contributed by atoms with Crippen molar-refractivity contribution >= 4 is 11.9 Å². The summed E-state index contributed by atoms with van der Waals surface area (Å²) >= 11 is 0. The Labute approximate surface area is 82.3 Å². The van der Waals surface area contributed by atoms with Crippen LogP contribution in [0.2, 0.25) is 0 Å². The minimum Gasteiger partial charge on any atom is -0.385 e. The summed E-state index contributed by atoms with van der Waals surface area (Å²) in [5, 5.41) is 2.94. The van der Waals surface area contributed by atoms with E-state index in [2.05, 4.69) is 15.2 Å². The van der Waals surface area contributed by atoms with Crippen molar-refractivity contribution in [3.8, 4) is 0 Å². The third-order valence-electron chi connectivity index (χ3n) is 3.77. The summed E-state index contributed by atoms with van der Waals surface area (Å²) in [6.07, 6.45) is 2.24. The number of carbonyl (C=O) groups excluding carboxylic acids is 1. The lowest BCUT2D eigenvalue weighted by atomic mass is 9.72. The van der Waals surface area contributed by atoms with Gasteiger partial charge in [-0.25, -0.2) is 4.79 Å². The van der Waals surface area contributed by atoms with Crippen molar-refractivity contribution in [3.05, 3.63) is 0 Å². The molecular weight excluding hydrogens is 180 g/mol. The number of rotatable bonds is 0. The minimum absolute atomic E-state index is 0.267. The molecule has 3 saturated heterocycles. The number of nitrogens with zero attached hydrogens (tertiary/aromatic N) is 2. The number of nitrogens with one attached hydrogen (secondary N) is 1. The summed E-state index contributed by atoms with van der Waals surface area (Å²) < 4.78 is 0. The minimum atomic E-state index is -0.326. The van der Waals surface area contributed by atoms with Gasteiger partial charge in [0.25, 0.3) is 0 Å². The van der Waals surface area contributed by atoms with E-state index in [-0.39, 0.29) is 11.6 Å². The molecule has 4 heterocycles. The molecule has 0 aromatic heterocycles. The van der Waals surface area contributed by atoms with E-state index in [0.717, 1.165) is 32.5 Å². The summed E-state index contributed by atoms with van der Waals surface area (Å²) in [5.41, 5.74) is 5.54. The molecule has 5 heteroatoms. The zero-order chi connectivity index (χ0) is 9.76. The van der Waals surface area contributed by atoms with Gasteiger partial charge in [-0.05, 0) is 31.8 Å². The predicted molar refractivity (Wildman–Crippen MR) is 52.0 cm³/mol. The van der Waals surface area contributed by atoms with Crippen molar-refractivity contribution in [1.29, 1.82) is 0 Å². The number of hydrogen-bond donors (Lipinski definition) is 2. The summed E-state index contributed by atoms with van der Waals surface area (Å²) in [7, 11) is 0. The lowest BCUT2D eigenvalue weighted by Gasteiger charge is -2.50. The number of piperidine rings is 3. The molecule has 1 unspecified atom stereocenters. The molecule has 1 spiro atoms. The second kappa shape index (κ2) is 2.48. The summed E-state index contributed by atoms with van der Waals surface area (Å²) in [5.74, 6) is 0.986. The Morgan fingerprint density at radius 2 is 2.21 bits per heavy atom. The second-order valence-corrected chi connectivity index (χ2v) is 4.45. The van der Waals surface area contributed by atoms with Gasteiger partial charge >= 0.3 is 6.03 Å². The standard InChI is InChI=1S/C9H14N4O/c10-7-9(12-8(14)11-7)5-13-3-1-6(9)2-4-13/h6H,1-5H2,(H3,10,11,12,14). The molecule has 4 aliphatic heterocycles. The number of urea groups is 1. The van der Waals surface area contributed by atoms with Crippen molar-refractivity contribution in [2.75, 3.05) is 19.6 Å². The van der Waals surface area contributed by atoms with Gasteiger partial charge in [0.05, 0.1) is 0 Å². The molecule has 4 rings (SSSR count). The highest BCUT2D eigenvalue weighted by atomic mass is 16.2. The number of nitrogens with two attached hydrogens (primary N) is 1. The molecule has 5 nitrogen and oxygen atoms in total. The smallest absolute Gasteiger partial charge is 0.343 e. The third kappa shape index (κ3) is 0.877. The molecule has 0 radical (unpaired) electrons. The van der Waals surface area contributed by atoms with Crippen LogP contribution in [0.15, 0.2) is 4.99 Å². The second-order valence-electron chi connectivity index (χ2n) is 4.45. The topological polar surface area (TPSA) is 70.7 Å². The average molecular weight is 194 g/mol. The Balaban J connectivity index is 1.98. The van der Waals surface area contributed by atoms with E-state index in [0.29, 0.717) is 11.8 Å². The molecule has 76 valence electrons. The van der Waals surface area contributed by atoms with Crippen LogP contribution in [-0.4, -0.2) is 41.9 Å². The number of aliphatic imine (C=N–C) groups is 1. The maximum atomic E-state index is 11.2. The Kier molecular flexibility index (Phi) is 1.45. The molecule has 4 aliphatic rings. The molecule has 14 heavy (non-hydrogen) atoms. The van der Waals surface area contributed by atoms with E-state index < -0.39 is 0 Å². The summed E-state index contributed by atoms with van der Waals surface area (Å²) in [4.78, 5) is 17.4. The van der Waals surface area contributed by atoms with Gasteiger partial charge in [0, 0.05) is 6.54 Å². The molecule has 2 amide bonds. The third-order valence-corrected chi connectivity index (χ3v) is 3.77. The van der Waals surface area contributed by atoms with Crippen molar-refractivity contribution in [2.45, 2.75) is 18.4 Å². The van der Waals surface area contributed by atoms with Crippen LogP contribution in [0, 0.1) is 5.92 Å². The average Bonchev–Trinajstić information content (AvgIpc) is 2.43. The maximum Gasteiger partial charge on any atom is 0.343 e. The molecule has 0 aromatic carbocycles. The molecular formula is C9H14N4O. The normalized spacial score (nSPS) is 45.4. The summed E-state index contributed by atoms with van der Waals surface area (Å²) in [6.45, 7) is 3.11. The van der Waals surface area contributed by atoms with Crippen molar-refractivity contribution in [2.24, 2.45) is 16.6 Å². The first-order chi connectivity index (χ1) is 6.71. The van der Waals surface area contributed by atoms with Crippen LogP contribution in [0.1, 0.15) is 12.8 Å². The zero-order valence-corrected chi connectivity index (χ0v) is 7.99. The lowest BCUT2D eigenvalue weighted by Crippen LogP contribution is -2.69. The van der Waals surface area contributed by atoms with Crippen LogP contribution in [0.3, 0.4) is 0 Å². The molecule has 3 N–H and O–H groups in total. The van der Waals surface area contributed by atoms with Gasteiger partial charge in [0.1, 0.15) is 11.4 Å². The molecule has 0 aliphatic carbocycles. The summed E-state index contributed by atoms with van der Waals surface area (Å²) in [6, 6.07) is -0.267. The van der Waals surface area contributed by atoms with Crippen molar-refractivity contribution in [3.63, 3.8) is 0 Å². The highest BCUT2D eigenvalue weighted by molar-refractivity contribution is 6.06. The van der Waals surface area contributed by atoms with Crippen LogP contribution < -0.4 is 11.1 Å². The highest BCUT2D eigenvalue weighted by Gasteiger charge is 2.53. The van der Waals surface area contributed by atoms with Gasteiger partial charge < -0.3 is 16.0 Å². The Morgan fingerprint density at radius 1 is 1.50 bits per heavy atom. The Bertz CT molecular complexity index is 319. The molecule has 0 saturated carbocycles. The van der Waals surface area contributed by atoms with E-state index in [1.807, 2.05) is 0 Å². The molecule has 2 bridgehead atoms. The Morgan fingerprint density at radius 3 is 2.64 bits per heavy atom. The Hall–Kier alpha value is -1.10. The molecule has 0 aromatic rings. The van der Waals surface area contributed by atoms with Crippen LogP contribution in [0.25, 0.3) is 0 Å². The molecule has 3 fully saturated rings. The van der Waals surface area contributed by atoms with Gasteiger partial charge in [-0.1, -0.05) is 0 Å². The van der Waals surface area contributed by atoms with E-state index in [1.54, 1.807) is 0 Å². The van der Waals surface area contributed by atoms with Gasteiger partial charge in [-0.2, -0.15) is 4.99 Å². The first-order valence-electron chi connectivity index (χ1n) is 5.10. The van der Waals surface area contributed by atoms with Crippen LogP contribution in [0.4, 0.5) is 4.79 Å². The fraction of sp³-hybridized carbons (Fsp3) is 0.778. The zero-order valence-electron chi connectivity index (χ0n) is 7.99. The van der Waals surface area contributed by atoms with Crippen LogP contribution >= 0.6 is 0 Å². The van der Waals surface area contributed by atoms with E-state index in [1.165, 1.54) is 0 Å². The van der Waals surface area contributed by atoms with Crippen molar-refractivity contribution in [1.82, 2.24) is 10.2 Å². The number of fused-ring (bicyclic) bond motifs is 2. The number of amidine groups is 1. The fourth-order valence-corrected chi connectivity index (χ4v) is 2.99. The monoisotopic (exact) mass is 194 g/mol. The number of amides is 2. The number of hydrogen-bond acceptors (Lipinski definition) is 3.